The summed E-state index contributed by atoms with van der Waals surface area (Å²) in [6, 6.07) is 5.49. The van der Waals surface area contributed by atoms with Crippen LogP contribution in [0.1, 0.15) is 68.2 Å². The van der Waals surface area contributed by atoms with Crippen LogP contribution in [-0.4, -0.2) is 18.3 Å². The smallest absolute Gasteiger partial charge is 0.383 e. The minimum atomic E-state index is -0.578. The number of hydrogen-bond acceptors (Lipinski definition) is 5. The minimum absolute atomic E-state index is 0.0889. The quantitative estimate of drug-likeness (QED) is 0.324. The van der Waals surface area contributed by atoms with E-state index in [0.717, 1.165) is 12.8 Å². The Balaban J connectivity index is 2.42. The summed E-state index contributed by atoms with van der Waals surface area (Å²) >= 11 is 0. The van der Waals surface area contributed by atoms with Gasteiger partial charge in [0.15, 0.2) is 17.1 Å². The second-order valence-electron chi connectivity index (χ2n) is 9.24. The second-order valence-corrected chi connectivity index (χ2v) is 9.24. The number of para-hydroxylation sites is 1. The predicted octanol–water partition coefficient (Wildman–Crippen LogP) is 6.83. The average molecular weight is 429 g/mol. The SMILES string of the molecule is CC(C)=CCCC(C)=CCOc1c(OC(C)C)c(=O)oc2c(OC(C)(C)C)cccc12. The fourth-order valence-corrected chi connectivity index (χ4v) is 3.00. The summed E-state index contributed by atoms with van der Waals surface area (Å²) < 4.78 is 23.5. The molecule has 0 unspecified atom stereocenters. The molecule has 0 saturated heterocycles. The average Bonchev–Trinajstić information content (AvgIpc) is 2.63. The zero-order chi connectivity index (χ0) is 23.2. The molecular formula is C26H36O5. The lowest BCUT2D eigenvalue weighted by atomic mass is 10.1. The van der Waals surface area contributed by atoms with Crippen molar-refractivity contribution in [2.45, 2.75) is 79.9 Å². The number of benzene rings is 1. The predicted molar refractivity (Wildman–Crippen MR) is 127 cm³/mol. The number of rotatable bonds is 9. The maximum absolute atomic E-state index is 12.8. The minimum Gasteiger partial charge on any atom is -0.485 e. The van der Waals surface area contributed by atoms with Crippen molar-refractivity contribution in [3.05, 3.63) is 51.9 Å². The lowest BCUT2D eigenvalue weighted by Crippen LogP contribution is -2.23. The van der Waals surface area contributed by atoms with Crippen molar-refractivity contribution in [3.63, 3.8) is 0 Å². The fourth-order valence-electron chi connectivity index (χ4n) is 3.00. The van der Waals surface area contributed by atoms with Crippen LogP contribution in [0.2, 0.25) is 0 Å². The van der Waals surface area contributed by atoms with Crippen LogP contribution in [0.3, 0.4) is 0 Å². The molecule has 1 aromatic heterocycles. The van der Waals surface area contributed by atoms with Crippen molar-refractivity contribution in [2.75, 3.05) is 6.61 Å². The summed E-state index contributed by atoms with van der Waals surface area (Å²) in [7, 11) is 0. The third-order valence-corrected chi connectivity index (χ3v) is 4.33. The van der Waals surface area contributed by atoms with Crippen LogP contribution < -0.4 is 19.8 Å². The van der Waals surface area contributed by atoms with Gasteiger partial charge in [-0.2, -0.15) is 0 Å². The Labute approximate surface area is 185 Å². The highest BCUT2D eigenvalue weighted by Gasteiger charge is 2.22. The van der Waals surface area contributed by atoms with Gasteiger partial charge in [-0.1, -0.05) is 23.3 Å². The van der Waals surface area contributed by atoms with Gasteiger partial charge >= 0.3 is 5.63 Å². The molecule has 170 valence electrons. The van der Waals surface area contributed by atoms with E-state index in [-0.39, 0.29) is 11.9 Å². The van der Waals surface area contributed by atoms with Crippen molar-refractivity contribution in [1.82, 2.24) is 0 Å². The van der Waals surface area contributed by atoms with E-state index in [2.05, 4.69) is 26.8 Å². The highest BCUT2D eigenvalue weighted by molar-refractivity contribution is 5.90. The van der Waals surface area contributed by atoms with Crippen LogP contribution in [0, 0.1) is 0 Å². The number of fused-ring (bicyclic) bond motifs is 1. The van der Waals surface area contributed by atoms with Gasteiger partial charge in [0, 0.05) is 0 Å². The molecule has 0 bridgehead atoms. The summed E-state index contributed by atoms with van der Waals surface area (Å²) in [5, 5.41) is 0.646. The van der Waals surface area contributed by atoms with E-state index >= 15 is 0 Å². The molecule has 0 saturated carbocycles. The molecule has 1 aromatic carbocycles. The van der Waals surface area contributed by atoms with Crippen LogP contribution >= 0.6 is 0 Å². The molecular weight excluding hydrogens is 392 g/mol. The lowest BCUT2D eigenvalue weighted by molar-refractivity contribution is 0.131. The van der Waals surface area contributed by atoms with E-state index in [1.807, 2.05) is 52.8 Å². The Morgan fingerprint density at radius 1 is 1.10 bits per heavy atom. The molecule has 1 heterocycles. The number of ether oxygens (including phenoxy) is 3. The van der Waals surface area contributed by atoms with Gasteiger partial charge < -0.3 is 18.6 Å². The lowest BCUT2D eigenvalue weighted by Gasteiger charge is -2.22. The zero-order valence-electron chi connectivity index (χ0n) is 20.1. The van der Waals surface area contributed by atoms with E-state index in [9.17, 15) is 4.79 Å². The first-order valence-electron chi connectivity index (χ1n) is 10.8. The Kier molecular flexibility index (Phi) is 8.37. The van der Waals surface area contributed by atoms with E-state index in [1.165, 1.54) is 11.1 Å². The van der Waals surface area contributed by atoms with Crippen molar-refractivity contribution < 1.29 is 18.6 Å². The van der Waals surface area contributed by atoms with Crippen molar-refractivity contribution in [3.8, 4) is 17.2 Å². The Hall–Kier alpha value is -2.69. The number of hydrogen-bond donors (Lipinski definition) is 0. The molecule has 0 radical (unpaired) electrons. The third-order valence-electron chi connectivity index (χ3n) is 4.33. The molecule has 0 aliphatic rings. The van der Waals surface area contributed by atoms with Crippen molar-refractivity contribution in [1.29, 1.82) is 0 Å². The van der Waals surface area contributed by atoms with E-state index < -0.39 is 11.2 Å². The first-order valence-corrected chi connectivity index (χ1v) is 10.8. The van der Waals surface area contributed by atoms with Gasteiger partial charge in [-0.05, 0) is 86.4 Å². The summed E-state index contributed by atoms with van der Waals surface area (Å²) in [6.45, 7) is 16.2. The Morgan fingerprint density at radius 2 is 1.81 bits per heavy atom. The molecule has 2 aromatic rings. The largest absolute Gasteiger partial charge is 0.485 e. The highest BCUT2D eigenvalue weighted by atomic mass is 16.5. The van der Waals surface area contributed by atoms with Crippen LogP contribution in [-0.2, 0) is 0 Å². The molecule has 5 heteroatoms. The normalized spacial score (nSPS) is 12.2. The monoisotopic (exact) mass is 428 g/mol. The first-order chi connectivity index (χ1) is 14.5. The van der Waals surface area contributed by atoms with E-state index in [0.29, 0.717) is 29.1 Å². The van der Waals surface area contributed by atoms with Crippen LogP contribution in [0.5, 0.6) is 17.2 Å². The molecule has 31 heavy (non-hydrogen) atoms. The molecule has 0 aliphatic heterocycles. The van der Waals surface area contributed by atoms with E-state index in [4.69, 9.17) is 18.6 Å². The molecule has 0 atom stereocenters. The summed E-state index contributed by atoms with van der Waals surface area (Å²) in [5.74, 6) is 0.968. The molecule has 0 N–H and O–H groups in total. The van der Waals surface area contributed by atoms with Gasteiger partial charge in [-0.25, -0.2) is 4.79 Å². The fraction of sp³-hybridized carbons (Fsp3) is 0.500. The Bertz CT molecular complexity index is 999. The summed E-state index contributed by atoms with van der Waals surface area (Å²) in [4.78, 5) is 12.8. The van der Waals surface area contributed by atoms with Crippen molar-refractivity contribution in [2.24, 2.45) is 0 Å². The molecule has 0 amide bonds. The molecule has 0 spiro atoms. The first kappa shape index (κ1) is 24.6. The number of allylic oxidation sites excluding steroid dienone is 3. The maximum atomic E-state index is 12.8. The second kappa shape index (κ2) is 10.6. The van der Waals surface area contributed by atoms with Gasteiger partial charge in [0.25, 0.3) is 0 Å². The standard InChI is InChI=1S/C26H36O5/c1-17(2)11-9-12-19(5)15-16-28-23-20-13-10-14-21(31-26(6,7)8)22(20)30-25(27)24(23)29-18(3)4/h10-11,13-15,18H,9,12,16H2,1-8H3. The van der Waals surface area contributed by atoms with Crippen LogP contribution in [0.4, 0.5) is 0 Å². The van der Waals surface area contributed by atoms with Crippen LogP contribution in [0.15, 0.2) is 50.7 Å². The summed E-state index contributed by atoms with van der Waals surface area (Å²) in [5.41, 5.74) is 1.89. The van der Waals surface area contributed by atoms with Gasteiger partial charge in [0.05, 0.1) is 11.5 Å². The highest BCUT2D eigenvalue weighted by Crippen LogP contribution is 2.38. The van der Waals surface area contributed by atoms with E-state index in [1.54, 1.807) is 6.07 Å². The van der Waals surface area contributed by atoms with Gasteiger partial charge in [-0.15, -0.1) is 0 Å². The molecule has 2 rings (SSSR count). The van der Waals surface area contributed by atoms with Crippen molar-refractivity contribution >= 4 is 11.0 Å². The summed E-state index contributed by atoms with van der Waals surface area (Å²) in [6.07, 6.45) is 6.02. The maximum Gasteiger partial charge on any atom is 0.383 e. The Morgan fingerprint density at radius 3 is 2.42 bits per heavy atom. The van der Waals surface area contributed by atoms with Gasteiger partial charge in [0.2, 0.25) is 5.75 Å². The third kappa shape index (κ3) is 7.50. The zero-order valence-corrected chi connectivity index (χ0v) is 20.1. The molecule has 0 fully saturated rings. The van der Waals surface area contributed by atoms with Gasteiger partial charge in [-0.3, -0.25) is 0 Å². The van der Waals surface area contributed by atoms with Gasteiger partial charge in [0.1, 0.15) is 12.2 Å². The van der Waals surface area contributed by atoms with Crippen LogP contribution in [0.25, 0.3) is 11.0 Å². The molecule has 5 nitrogen and oxygen atoms in total. The topological polar surface area (TPSA) is 57.9 Å². The molecule has 0 aliphatic carbocycles.